The lowest BCUT2D eigenvalue weighted by Gasteiger charge is -2.18. The van der Waals surface area contributed by atoms with E-state index in [9.17, 15) is 0 Å². The van der Waals surface area contributed by atoms with Crippen LogP contribution in [0.3, 0.4) is 0 Å². The molecule has 1 unspecified atom stereocenters. The minimum absolute atomic E-state index is 0.691. The Balaban J connectivity index is 2.03. The second kappa shape index (κ2) is 10.4. The second-order valence-corrected chi connectivity index (χ2v) is 8.25. The number of pyridine rings is 1. The molecule has 3 aromatic rings. The molecule has 3 rings (SSSR count). The van der Waals surface area contributed by atoms with Gasteiger partial charge in [0.25, 0.3) is 0 Å². The predicted octanol–water partition coefficient (Wildman–Crippen LogP) is 8.00. The van der Waals surface area contributed by atoms with Gasteiger partial charge in [-0.05, 0) is 47.4 Å². The van der Waals surface area contributed by atoms with Crippen molar-refractivity contribution in [3.63, 3.8) is 0 Å². The summed E-state index contributed by atoms with van der Waals surface area (Å²) in [6.07, 6.45) is 12.1. The molecule has 1 heterocycles. The summed E-state index contributed by atoms with van der Waals surface area (Å²) in [5, 5.41) is 1.32. The molecule has 1 nitrogen and oxygen atoms in total. The molecule has 0 N–H and O–H groups in total. The lowest BCUT2D eigenvalue weighted by molar-refractivity contribution is 0.493. The van der Waals surface area contributed by atoms with Crippen LogP contribution in [-0.2, 0) is 12.8 Å². The van der Waals surface area contributed by atoms with E-state index in [0.29, 0.717) is 5.92 Å². The van der Waals surface area contributed by atoms with Gasteiger partial charge in [0, 0.05) is 11.6 Å². The summed E-state index contributed by atoms with van der Waals surface area (Å²) in [7, 11) is 0. The number of benzene rings is 2. The number of hydrogen-bond donors (Lipinski definition) is 0. The van der Waals surface area contributed by atoms with Gasteiger partial charge < -0.3 is 0 Å². The SMILES string of the molecule is CCCCCC(C)Cc1cnc2c(CCCC)cccc2c1-c1ccccc1. The molecule has 1 atom stereocenters. The average Bonchev–Trinajstić information content (AvgIpc) is 2.72. The number of rotatable bonds is 10. The molecule has 28 heavy (non-hydrogen) atoms. The zero-order valence-electron chi connectivity index (χ0n) is 17.9. The van der Waals surface area contributed by atoms with E-state index < -0.39 is 0 Å². The van der Waals surface area contributed by atoms with E-state index in [1.165, 1.54) is 71.7 Å². The Hall–Kier alpha value is -2.15. The zero-order valence-corrected chi connectivity index (χ0v) is 17.9. The van der Waals surface area contributed by atoms with Crippen molar-refractivity contribution >= 4 is 10.9 Å². The van der Waals surface area contributed by atoms with Gasteiger partial charge in [0.2, 0.25) is 0 Å². The number of fused-ring (bicyclic) bond motifs is 1. The molecule has 0 bridgehead atoms. The van der Waals surface area contributed by atoms with E-state index in [2.05, 4.69) is 75.5 Å². The Morgan fingerprint density at radius 1 is 0.821 bits per heavy atom. The number of aromatic nitrogens is 1. The monoisotopic (exact) mass is 373 g/mol. The fourth-order valence-corrected chi connectivity index (χ4v) is 4.22. The molecule has 0 aliphatic rings. The van der Waals surface area contributed by atoms with Crippen molar-refractivity contribution in [2.24, 2.45) is 5.92 Å². The Morgan fingerprint density at radius 3 is 2.36 bits per heavy atom. The van der Waals surface area contributed by atoms with Gasteiger partial charge in [-0.3, -0.25) is 4.98 Å². The lowest BCUT2D eigenvalue weighted by Crippen LogP contribution is -2.04. The van der Waals surface area contributed by atoms with E-state index in [-0.39, 0.29) is 0 Å². The van der Waals surface area contributed by atoms with Gasteiger partial charge in [-0.15, -0.1) is 0 Å². The maximum Gasteiger partial charge on any atom is 0.0740 e. The topological polar surface area (TPSA) is 12.9 Å². The van der Waals surface area contributed by atoms with Crippen LogP contribution in [0.4, 0.5) is 0 Å². The summed E-state index contributed by atoms with van der Waals surface area (Å²) in [4.78, 5) is 4.97. The van der Waals surface area contributed by atoms with Gasteiger partial charge >= 0.3 is 0 Å². The predicted molar refractivity (Wildman–Crippen MR) is 123 cm³/mol. The third kappa shape index (κ3) is 5.01. The van der Waals surface area contributed by atoms with Crippen LogP contribution in [0.15, 0.2) is 54.7 Å². The third-order valence-corrected chi connectivity index (χ3v) is 5.79. The van der Waals surface area contributed by atoms with Gasteiger partial charge in [-0.2, -0.15) is 0 Å². The standard InChI is InChI=1S/C27H35N/c1-4-6-9-13-21(3)19-24-20-28-27-23(14-7-5-2)17-12-18-25(27)26(24)22-15-10-8-11-16-22/h8,10-12,15-18,20-21H,4-7,9,13-14,19H2,1-3H3. The first-order valence-electron chi connectivity index (χ1n) is 11.2. The maximum atomic E-state index is 4.97. The highest BCUT2D eigenvalue weighted by molar-refractivity contribution is 5.97. The van der Waals surface area contributed by atoms with E-state index in [1.54, 1.807) is 0 Å². The quantitative estimate of drug-likeness (QED) is 0.328. The molecule has 2 aromatic carbocycles. The molecule has 1 aromatic heterocycles. The Morgan fingerprint density at radius 2 is 1.61 bits per heavy atom. The van der Waals surface area contributed by atoms with Crippen LogP contribution in [0.25, 0.3) is 22.0 Å². The molecule has 0 aliphatic carbocycles. The van der Waals surface area contributed by atoms with Crippen molar-refractivity contribution in [3.8, 4) is 11.1 Å². The number of para-hydroxylation sites is 1. The highest BCUT2D eigenvalue weighted by Crippen LogP contribution is 2.34. The fourth-order valence-electron chi connectivity index (χ4n) is 4.22. The maximum absolute atomic E-state index is 4.97. The summed E-state index contributed by atoms with van der Waals surface area (Å²) >= 11 is 0. The first-order valence-corrected chi connectivity index (χ1v) is 11.2. The van der Waals surface area contributed by atoms with Crippen molar-refractivity contribution in [3.05, 3.63) is 65.9 Å². The van der Waals surface area contributed by atoms with Crippen molar-refractivity contribution in [2.45, 2.75) is 72.1 Å². The molecule has 0 saturated carbocycles. The van der Waals surface area contributed by atoms with Crippen molar-refractivity contribution in [2.75, 3.05) is 0 Å². The number of hydrogen-bond acceptors (Lipinski definition) is 1. The molecule has 1 heteroatoms. The largest absolute Gasteiger partial charge is 0.256 e. The zero-order chi connectivity index (χ0) is 19.8. The fraction of sp³-hybridized carbons (Fsp3) is 0.444. The van der Waals surface area contributed by atoms with Crippen LogP contribution in [0.1, 0.15) is 70.4 Å². The minimum atomic E-state index is 0.691. The van der Waals surface area contributed by atoms with Gasteiger partial charge in [-0.1, -0.05) is 101 Å². The number of nitrogens with zero attached hydrogens (tertiary/aromatic N) is 1. The van der Waals surface area contributed by atoms with Crippen LogP contribution in [0.5, 0.6) is 0 Å². The first-order chi connectivity index (χ1) is 13.7. The second-order valence-electron chi connectivity index (χ2n) is 8.25. The summed E-state index contributed by atoms with van der Waals surface area (Å²) in [6.45, 7) is 6.93. The van der Waals surface area contributed by atoms with Crippen LogP contribution in [0, 0.1) is 5.92 Å². The molecule has 0 radical (unpaired) electrons. The molecule has 0 saturated heterocycles. The highest BCUT2D eigenvalue weighted by Gasteiger charge is 2.15. The van der Waals surface area contributed by atoms with E-state index in [4.69, 9.17) is 4.98 Å². The number of unbranched alkanes of at least 4 members (excludes halogenated alkanes) is 3. The smallest absolute Gasteiger partial charge is 0.0740 e. The van der Waals surface area contributed by atoms with E-state index in [0.717, 1.165) is 12.8 Å². The van der Waals surface area contributed by atoms with Crippen LogP contribution in [-0.4, -0.2) is 4.98 Å². The van der Waals surface area contributed by atoms with Crippen molar-refractivity contribution < 1.29 is 0 Å². The van der Waals surface area contributed by atoms with Crippen molar-refractivity contribution in [1.29, 1.82) is 0 Å². The Labute approximate surface area is 171 Å². The molecular formula is C27H35N. The van der Waals surface area contributed by atoms with Crippen molar-refractivity contribution in [1.82, 2.24) is 4.98 Å². The van der Waals surface area contributed by atoms with Crippen LogP contribution < -0.4 is 0 Å². The van der Waals surface area contributed by atoms with Crippen LogP contribution >= 0.6 is 0 Å². The van der Waals surface area contributed by atoms with Gasteiger partial charge in [0.05, 0.1) is 5.52 Å². The summed E-state index contributed by atoms with van der Waals surface area (Å²) in [6, 6.07) is 17.6. The Kier molecular flexibility index (Phi) is 7.65. The number of aryl methyl sites for hydroxylation is 1. The minimum Gasteiger partial charge on any atom is -0.256 e. The third-order valence-electron chi connectivity index (χ3n) is 5.79. The summed E-state index contributed by atoms with van der Waals surface area (Å²) in [5.41, 5.74) is 6.69. The van der Waals surface area contributed by atoms with Gasteiger partial charge in [0.1, 0.15) is 0 Å². The van der Waals surface area contributed by atoms with Crippen LogP contribution in [0.2, 0.25) is 0 Å². The van der Waals surface area contributed by atoms with E-state index in [1.807, 2.05) is 0 Å². The van der Waals surface area contributed by atoms with Gasteiger partial charge in [0.15, 0.2) is 0 Å². The average molecular weight is 374 g/mol. The molecule has 0 aliphatic heterocycles. The summed E-state index contributed by atoms with van der Waals surface area (Å²) < 4.78 is 0. The summed E-state index contributed by atoms with van der Waals surface area (Å²) in [5.74, 6) is 0.691. The molecule has 0 fully saturated rings. The normalized spacial score (nSPS) is 12.4. The molecule has 0 spiro atoms. The Bertz CT molecular complexity index is 866. The lowest BCUT2D eigenvalue weighted by atomic mass is 9.88. The molecular weight excluding hydrogens is 338 g/mol. The van der Waals surface area contributed by atoms with Gasteiger partial charge in [-0.25, -0.2) is 0 Å². The van der Waals surface area contributed by atoms with E-state index >= 15 is 0 Å². The first kappa shape index (κ1) is 20.6. The molecule has 0 amide bonds. The highest BCUT2D eigenvalue weighted by atomic mass is 14.7. The molecule has 148 valence electrons.